The molecule has 1 saturated heterocycles. The van der Waals surface area contributed by atoms with Crippen molar-refractivity contribution in [2.45, 2.75) is 17.7 Å². The van der Waals surface area contributed by atoms with Gasteiger partial charge in [-0.05, 0) is 25.0 Å². The van der Waals surface area contributed by atoms with Crippen LogP contribution in [-0.4, -0.2) is 39.9 Å². The first-order valence-corrected chi connectivity index (χ1v) is 9.22. The maximum absolute atomic E-state index is 12.5. The number of anilines is 1. The van der Waals surface area contributed by atoms with Gasteiger partial charge in [-0.25, -0.2) is 8.42 Å². The van der Waals surface area contributed by atoms with Gasteiger partial charge >= 0.3 is 0 Å². The summed E-state index contributed by atoms with van der Waals surface area (Å²) in [6.07, 6.45) is 5.84. The Balaban J connectivity index is 1.84. The Morgan fingerprint density at radius 1 is 0.957 bits per heavy atom. The molecule has 0 unspecified atom stereocenters. The maximum atomic E-state index is 12.5. The lowest BCUT2D eigenvalue weighted by molar-refractivity contribution is -0.595. The Labute approximate surface area is 137 Å². The van der Waals surface area contributed by atoms with Crippen LogP contribution in [0.4, 0.5) is 5.69 Å². The second kappa shape index (κ2) is 6.29. The van der Waals surface area contributed by atoms with Crippen molar-refractivity contribution >= 4 is 15.7 Å². The predicted molar refractivity (Wildman–Crippen MR) is 90.3 cm³/mol. The van der Waals surface area contributed by atoms with Crippen molar-refractivity contribution in [3.63, 3.8) is 0 Å². The number of rotatable bonds is 4. The molecule has 0 amide bonds. The molecule has 6 heteroatoms. The summed E-state index contributed by atoms with van der Waals surface area (Å²) in [5, 5.41) is 0. The minimum atomic E-state index is -3.34. The molecule has 3 rings (SSSR count). The zero-order valence-corrected chi connectivity index (χ0v) is 14.3. The van der Waals surface area contributed by atoms with Gasteiger partial charge in [-0.3, -0.25) is 0 Å². The second-order valence-corrected chi connectivity index (χ2v) is 7.90. The Morgan fingerprint density at radius 3 is 2.04 bits per heavy atom. The van der Waals surface area contributed by atoms with Crippen molar-refractivity contribution in [2.24, 2.45) is 0 Å². The van der Waals surface area contributed by atoms with E-state index in [9.17, 15) is 8.42 Å². The summed E-state index contributed by atoms with van der Waals surface area (Å²) in [5.41, 5.74) is 2.06. The number of aromatic nitrogens is 1. The highest BCUT2D eigenvalue weighted by atomic mass is 32.2. The topological polar surface area (TPSA) is 44.5 Å². The largest absolute Gasteiger partial charge is 0.377 e. The molecule has 1 aromatic carbocycles. The van der Waals surface area contributed by atoms with E-state index in [4.69, 9.17) is 0 Å². The first-order valence-electron chi connectivity index (χ1n) is 7.78. The van der Waals surface area contributed by atoms with E-state index in [2.05, 4.69) is 0 Å². The van der Waals surface area contributed by atoms with Crippen LogP contribution in [0.1, 0.15) is 12.8 Å². The summed E-state index contributed by atoms with van der Waals surface area (Å²) >= 11 is 0. The SMILES string of the molecule is CN(C)c1cc[n+](-c2ccc(S(=O)(=O)N3CCCC3)cc2)cc1. The summed E-state index contributed by atoms with van der Waals surface area (Å²) in [7, 11) is 0.657. The average Bonchev–Trinajstić information content (AvgIpc) is 3.10. The molecule has 0 N–H and O–H groups in total. The predicted octanol–water partition coefficient (Wildman–Crippen LogP) is 1.81. The van der Waals surface area contributed by atoms with E-state index in [1.54, 1.807) is 16.4 Å². The minimum Gasteiger partial charge on any atom is -0.377 e. The number of hydrogen-bond acceptors (Lipinski definition) is 3. The number of nitrogens with zero attached hydrogens (tertiary/aromatic N) is 3. The van der Waals surface area contributed by atoms with Crippen LogP contribution < -0.4 is 9.47 Å². The first kappa shape index (κ1) is 16.0. The summed E-state index contributed by atoms with van der Waals surface area (Å²) < 4.78 is 28.6. The Bertz CT molecular complexity index is 762. The molecule has 0 spiro atoms. The van der Waals surface area contributed by atoms with Crippen molar-refractivity contribution in [1.82, 2.24) is 4.31 Å². The zero-order chi connectivity index (χ0) is 16.4. The molecule has 1 aliphatic heterocycles. The van der Waals surface area contributed by atoms with E-state index < -0.39 is 10.0 Å². The molecule has 0 radical (unpaired) electrons. The molecule has 0 aliphatic carbocycles. The maximum Gasteiger partial charge on any atom is 0.243 e. The standard InChI is InChI=1S/C17H22N3O2S/c1-18(2)15-9-13-19(14-10-15)16-5-7-17(8-6-16)23(21,22)20-11-3-4-12-20/h5-10,13-14H,3-4,11-12H2,1-2H3/q+1. The van der Waals surface area contributed by atoms with Gasteiger partial charge in [0.1, 0.15) is 0 Å². The van der Waals surface area contributed by atoms with Crippen LogP contribution in [0.2, 0.25) is 0 Å². The fraction of sp³-hybridized carbons (Fsp3) is 0.353. The van der Waals surface area contributed by atoms with Crippen LogP contribution in [0.15, 0.2) is 53.7 Å². The number of hydrogen-bond donors (Lipinski definition) is 0. The fourth-order valence-corrected chi connectivity index (χ4v) is 4.27. The third-order valence-corrected chi connectivity index (χ3v) is 6.08. The summed E-state index contributed by atoms with van der Waals surface area (Å²) in [6, 6.07) is 11.1. The fourth-order valence-electron chi connectivity index (χ4n) is 2.76. The third kappa shape index (κ3) is 3.23. The van der Waals surface area contributed by atoms with Crippen LogP contribution in [0.5, 0.6) is 0 Å². The quantitative estimate of drug-likeness (QED) is 0.802. The van der Waals surface area contributed by atoms with E-state index in [1.807, 2.05) is 60.2 Å². The molecule has 0 saturated carbocycles. The van der Waals surface area contributed by atoms with E-state index in [0.717, 1.165) is 24.2 Å². The smallest absolute Gasteiger partial charge is 0.243 e. The second-order valence-electron chi connectivity index (χ2n) is 5.96. The molecule has 122 valence electrons. The molecule has 2 aromatic rings. The van der Waals surface area contributed by atoms with E-state index in [0.29, 0.717) is 18.0 Å². The zero-order valence-electron chi connectivity index (χ0n) is 13.5. The Hall–Kier alpha value is -1.92. The molecular weight excluding hydrogens is 310 g/mol. The van der Waals surface area contributed by atoms with Crippen molar-refractivity contribution in [2.75, 3.05) is 32.1 Å². The molecule has 0 bridgehead atoms. The minimum absolute atomic E-state index is 0.369. The third-order valence-electron chi connectivity index (χ3n) is 4.17. The van der Waals surface area contributed by atoms with Crippen LogP contribution >= 0.6 is 0 Å². The van der Waals surface area contributed by atoms with Crippen molar-refractivity contribution in [3.8, 4) is 5.69 Å². The number of benzene rings is 1. The van der Waals surface area contributed by atoms with E-state index >= 15 is 0 Å². The number of pyridine rings is 1. The Kier molecular flexibility index (Phi) is 4.37. The highest BCUT2D eigenvalue weighted by Gasteiger charge is 2.27. The summed E-state index contributed by atoms with van der Waals surface area (Å²) in [6.45, 7) is 1.26. The van der Waals surface area contributed by atoms with Crippen molar-refractivity contribution in [3.05, 3.63) is 48.8 Å². The van der Waals surface area contributed by atoms with Gasteiger partial charge in [0.2, 0.25) is 15.7 Å². The van der Waals surface area contributed by atoms with Gasteiger partial charge in [-0.2, -0.15) is 8.87 Å². The number of sulfonamides is 1. The molecular formula is C17H22N3O2S+. The average molecular weight is 332 g/mol. The van der Waals surface area contributed by atoms with Crippen molar-refractivity contribution < 1.29 is 13.0 Å². The van der Waals surface area contributed by atoms with Gasteiger partial charge in [-0.15, -0.1) is 0 Å². The van der Waals surface area contributed by atoms with Gasteiger partial charge in [0, 0.05) is 57.1 Å². The van der Waals surface area contributed by atoms with Gasteiger partial charge in [-0.1, -0.05) is 0 Å². The molecule has 5 nitrogen and oxygen atoms in total. The molecule has 1 aliphatic rings. The normalized spacial score (nSPS) is 15.7. The lowest BCUT2D eigenvalue weighted by atomic mass is 10.3. The van der Waals surface area contributed by atoms with E-state index in [-0.39, 0.29) is 0 Å². The summed E-state index contributed by atoms with van der Waals surface area (Å²) in [4.78, 5) is 2.41. The lowest BCUT2D eigenvalue weighted by Crippen LogP contribution is -2.30. The van der Waals surface area contributed by atoms with Crippen LogP contribution in [0, 0.1) is 0 Å². The first-order chi connectivity index (χ1) is 11.0. The van der Waals surface area contributed by atoms with Gasteiger partial charge in [0.15, 0.2) is 12.4 Å². The van der Waals surface area contributed by atoms with Gasteiger partial charge in [0.25, 0.3) is 0 Å². The lowest BCUT2D eigenvalue weighted by Gasteiger charge is -2.15. The van der Waals surface area contributed by atoms with Crippen LogP contribution in [0.25, 0.3) is 5.69 Å². The van der Waals surface area contributed by atoms with Gasteiger partial charge < -0.3 is 4.90 Å². The molecule has 0 atom stereocenters. The van der Waals surface area contributed by atoms with Crippen LogP contribution in [0.3, 0.4) is 0 Å². The molecule has 23 heavy (non-hydrogen) atoms. The molecule has 1 aromatic heterocycles. The van der Waals surface area contributed by atoms with Crippen molar-refractivity contribution in [1.29, 1.82) is 0 Å². The monoisotopic (exact) mass is 332 g/mol. The van der Waals surface area contributed by atoms with Gasteiger partial charge in [0.05, 0.1) is 4.90 Å². The molecule has 2 heterocycles. The van der Waals surface area contributed by atoms with E-state index in [1.165, 1.54) is 0 Å². The highest BCUT2D eigenvalue weighted by Crippen LogP contribution is 2.21. The Morgan fingerprint density at radius 2 is 1.52 bits per heavy atom. The summed E-state index contributed by atoms with van der Waals surface area (Å²) in [5.74, 6) is 0. The van der Waals surface area contributed by atoms with Crippen LogP contribution in [-0.2, 0) is 10.0 Å². The molecule has 1 fully saturated rings. The highest BCUT2D eigenvalue weighted by molar-refractivity contribution is 7.89.